The van der Waals surface area contributed by atoms with E-state index in [0.717, 1.165) is 18.4 Å². The van der Waals surface area contributed by atoms with Crippen LogP contribution in [0.2, 0.25) is 0 Å². The Labute approximate surface area is 110 Å². The van der Waals surface area contributed by atoms with Crippen molar-refractivity contribution in [2.45, 2.75) is 12.8 Å². The van der Waals surface area contributed by atoms with Gasteiger partial charge in [-0.2, -0.15) is 0 Å². The molecule has 1 aromatic rings. The van der Waals surface area contributed by atoms with Gasteiger partial charge in [0.1, 0.15) is 0 Å². The van der Waals surface area contributed by atoms with E-state index in [1.807, 2.05) is 6.20 Å². The predicted octanol–water partition coefficient (Wildman–Crippen LogP) is 2.44. The smallest absolute Gasteiger partial charge is 0.185 e. The van der Waals surface area contributed by atoms with Gasteiger partial charge in [-0.3, -0.25) is 4.90 Å². The molecule has 5 heteroatoms. The number of halogens is 1. The van der Waals surface area contributed by atoms with Gasteiger partial charge in [-0.1, -0.05) is 15.9 Å². The van der Waals surface area contributed by atoms with E-state index >= 15 is 0 Å². The second kappa shape index (κ2) is 6.57. The van der Waals surface area contributed by atoms with Crippen molar-refractivity contribution >= 4 is 32.4 Å². The molecule has 90 valence electrons. The molecule has 0 aromatic carbocycles. The van der Waals surface area contributed by atoms with Gasteiger partial charge in [0.15, 0.2) is 5.13 Å². The molecule has 16 heavy (non-hydrogen) atoms. The van der Waals surface area contributed by atoms with Gasteiger partial charge in [-0.25, -0.2) is 4.98 Å². The first-order valence-corrected chi connectivity index (χ1v) is 7.83. The van der Waals surface area contributed by atoms with Crippen molar-refractivity contribution in [2.75, 3.05) is 43.0 Å². The summed E-state index contributed by atoms with van der Waals surface area (Å²) in [5.41, 5.74) is 0. The largest absolute Gasteiger partial charge is 0.346 e. The highest BCUT2D eigenvalue weighted by Gasteiger charge is 2.17. The van der Waals surface area contributed by atoms with Gasteiger partial charge in [0.2, 0.25) is 0 Å². The summed E-state index contributed by atoms with van der Waals surface area (Å²) in [5, 5.41) is 4.36. The van der Waals surface area contributed by atoms with Crippen molar-refractivity contribution in [1.82, 2.24) is 9.88 Å². The zero-order valence-electron chi connectivity index (χ0n) is 9.44. The van der Waals surface area contributed by atoms with Gasteiger partial charge >= 0.3 is 0 Å². The van der Waals surface area contributed by atoms with Gasteiger partial charge in [0.25, 0.3) is 0 Å². The van der Waals surface area contributed by atoms with E-state index in [2.05, 4.69) is 36.1 Å². The van der Waals surface area contributed by atoms with Crippen molar-refractivity contribution in [3.05, 3.63) is 11.6 Å². The Kier molecular flexibility index (Phi) is 5.06. The fourth-order valence-corrected chi connectivity index (χ4v) is 3.06. The third kappa shape index (κ3) is 3.43. The van der Waals surface area contributed by atoms with E-state index in [9.17, 15) is 0 Å². The first kappa shape index (κ1) is 12.3. The van der Waals surface area contributed by atoms with E-state index in [4.69, 9.17) is 0 Å². The SMILES string of the molecule is BrCCCCN1CCN(c2nccs2)CC1. The fraction of sp³-hybridized carbons (Fsp3) is 0.727. The normalized spacial score (nSPS) is 17.9. The number of nitrogens with zero attached hydrogens (tertiary/aromatic N) is 3. The molecular formula is C11H18BrN3S. The highest BCUT2D eigenvalue weighted by atomic mass is 79.9. The van der Waals surface area contributed by atoms with Crippen LogP contribution in [0.1, 0.15) is 12.8 Å². The van der Waals surface area contributed by atoms with Crippen molar-refractivity contribution < 1.29 is 0 Å². The lowest BCUT2D eigenvalue weighted by Gasteiger charge is -2.34. The van der Waals surface area contributed by atoms with E-state index in [0.29, 0.717) is 0 Å². The minimum atomic E-state index is 1.13. The number of hydrogen-bond donors (Lipinski definition) is 0. The molecule has 1 aliphatic heterocycles. The highest BCUT2D eigenvalue weighted by Crippen LogP contribution is 2.18. The number of unbranched alkanes of at least 4 members (excludes halogenated alkanes) is 1. The summed E-state index contributed by atoms with van der Waals surface area (Å²) in [7, 11) is 0. The Morgan fingerprint density at radius 3 is 2.69 bits per heavy atom. The number of rotatable bonds is 5. The average molecular weight is 304 g/mol. The zero-order valence-corrected chi connectivity index (χ0v) is 11.8. The molecule has 0 aliphatic carbocycles. The van der Waals surface area contributed by atoms with E-state index in [1.54, 1.807) is 11.3 Å². The molecule has 2 heterocycles. The van der Waals surface area contributed by atoms with E-state index < -0.39 is 0 Å². The van der Waals surface area contributed by atoms with Crippen LogP contribution in [-0.2, 0) is 0 Å². The molecule has 1 aromatic heterocycles. The van der Waals surface area contributed by atoms with Gasteiger partial charge in [-0.05, 0) is 19.4 Å². The standard InChI is InChI=1S/C11H18BrN3S/c12-3-1-2-5-14-6-8-15(9-7-14)11-13-4-10-16-11/h4,10H,1-3,5-9H2. The first-order chi connectivity index (χ1) is 7.90. The maximum absolute atomic E-state index is 4.36. The lowest BCUT2D eigenvalue weighted by molar-refractivity contribution is 0.254. The third-order valence-electron chi connectivity index (χ3n) is 2.92. The van der Waals surface area contributed by atoms with E-state index in [1.165, 1.54) is 37.6 Å². The maximum atomic E-state index is 4.36. The van der Waals surface area contributed by atoms with Crippen LogP contribution in [0.5, 0.6) is 0 Å². The quantitative estimate of drug-likeness (QED) is 0.615. The lowest BCUT2D eigenvalue weighted by Crippen LogP contribution is -2.46. The Hall–Kier alpha value is -0.130. The number of anilines is 1. The molecule has 1 fully saturated rings. The maximum Gasteiger partial charge on any atom is 0.185 e. The van der Waals surface area contributed by atoms with E-state index in [-0.39, 0.29) is 0 Å². The Morgan fingerprint density at radius 1 is 1.25 bits per heavy atom. The molecule has 0 atom stereocenters. The number of hydrogen-bond acceptors (Lipinski definition) is 4. The molecule has 0 bridgehead atoms. The molecule has 3 nitrogen and oxygen atoms in total. The molecule has 2 rings (SSSR count). The van der Waals surface area contributed by atoms with Crippen LogP contribution in [0.25, 0.3) is 0 Å². The summed E-state index contributed by atoms with van der Waals surface area (Å²) in [6, 6.07) is 0. The molecule has 0 unspecified atom stereocenters. The third-order valence-corrected chi connectivity index (χ3v) is 4.31. The van der Waals surface area contributed by atoms with Crippen LogP contribution in [-0.4, -0.2) is 47.9 Å². The van der Waals surface area contributed by atoms with Gasteiger partial charge in [0.05, 0.1) is 0 Å². The summed E-state index contributed by atoms with van der Waals surface area (Å²) < 4.78 is 0. The minimum absolute atomic E-state index is 1.13. The van der Waals surface area contributed by atoms with Crippen molar-refractivity contribution in [3.8, 4) is 0 Å². The van der Waals surface area contributed by atoms with Crippen LogP contribution < -0.4 is 4.90 Å². The molecule has 0 saturated carbocycles. The molecule has 1 aliphatic rings. The second-order valence-electron chi connectivity index (χ2n) is 4.04. The number of alkyl halides is 1. The van der Waals surface area contributed by atoms with Gasteiger partial charge in [0, 0.05) is 43.1 Å². The molecule has 0 N–H and O–H groups in total. The Morgan fingerprint density at radius 2 is 2.06 bits per heavy atom. The molecular weight excluding hydrogens is 286 g/mol. The lowest BCUT2D eigenvalue weighted by atomic mass is 10.2. The summed E-state index contributed by atoms with van der Waals surface area (Å²) in [4.78, 5) is 9.32. The van der Waals surface area contributed by atoms with Crippen molar-refractivity contribution in [1.29, 1.82) is 0 Å². The van der Waals surface area contributed by atoms with Crippen molar-refractivity contribution in [3.63, 3.8) is 0 Å². The molecule has 1 saturated heterocycles. The minimum Gasteiger partial charge on any atom is -0.346 e. The Bertz CT molecular complexity index is 283. The average Bonchev–Trinajstić information content (AvgIpc) is 2.84. The topological polar surface area (TPSA) is 19.4 Å². The molecule has 0 spiro atoms. The number of aromatic nitrogens is 1. The van der Waals surface area contributed by atoms with Crippen LogP contribution in [0, 0.1) is 0 Å². The number of thiazole rings is 1. The molecule has 0 amide bonds. The summed E-state index contributed by atoms with van der Waals surface area (Å²) >= 11 is 5.22. The van der Waals surface area contributed by atoms with Crippen LogP contribution >= 0.6 is 27.3 Å². The van der Waals surface area contributed by atoms with Crippen molar-refractivity contribution in [2.24, 2.45) is 0 Å². The first-order valence-electron chi connectivity index (χ1n) is 5.83. The van der Waals surface area contributed by atoms with Crippen LogP contribution in [0.4, 0.5) is 5.13 Å². The molecule has 0 radical (unpaired) electrons. The van der Waals surface area contributed by atoms with Gasteiger partial charge in [-0.15, -0.1) is 11.3 Å². The summed E-state index contributed by atoms with van der Waals surface area (Å²) in [6.07, 6.45) is 4.48. The second-order valence-corrected chi connectivity index (χ2v) is 5.71. The number of piperazine rings is 1. The van der Waals surface area contributed by atoms with Crippen LogP contribution in [0.3, 0.4) is 0 Å². The monoisotopic (exact) mass is 303 g/mol. The summed E-state index contributed by atoms with van der Waals surface area (Å²) in [6.45, 7) is 5.87. The highest BCUT2D eigenvalue weighted by molar-refractivity contribution is 9.09. The predicted molar refractivity (Wildman–Crippen MR) is 73.8 cm³/mol. The van der Waals surface area contributed by atoms with Crippen LogP contribution in [0.15, 0.2) is 11.6 Å². The Balaban J connectivity index is 1.70. The zero-order chi connectivity index (χ0) is 11.2. The van der Waals surface area contributed by atoms with Gasteiger partial charge < -0.3 is 4.90 Å². The fourth-order valence-electron chi connectivity index (χ4n) is 1.96. The summed E-state index contributed by atoms with van der Waals surface area (Å²) in [5.74, 6) is 0.